The van der Waals surface area contributed by atoms with Gasteiger partial charge in [0.25, 0.3) is 0 Å². The SMILES string of the molecule is COC(=O)c1ccc(Oc2ccc(C(F)(F)F)cc2)c(CN(C)C)c1. The van der Waals surface area contributed by atoms with Crippen LogP contribution in [0.25, 0.3) is 0 Å². The average Bonchev–Trinajstić information content (AvgIpc) is 2.55. The van der Waals surface area contributed by atoms with Crippen LogP contribution in [0.2, 0.25) is 0 Å². The first kappa shape index (κ1) is 18.8. The summed E-state index contributed by atoms with van der Waals surface area (Å²) in [4.78, 5) is 13.6. The van der Waals surface area contributed by atoms with E-state index >= 15 is 0 Å². The summed E-state index contributed by atoms with van der Waals surface area (Å²) in [5.74, 6) is 0.265. The van der Waals surface area contributed by atoms with E-state index in [-0.39, 0.29) is 5.75 Å². The Labute approximate surface area is 143 Å². The van der Waals surface area contributed by atoms with Gasteiger partial charge in [0.2, 0.25) is 0 Å². The van der Waals surface area contributed by atoms with E-state index in [1.807, 2.05) is 19.0 Å². The predicted octanol–water partition coefficient (Wildman–Crippen LogP) is 4.35. The second-order valence-corrected chi connectivity index (χ2v) is 5.68. The molecule has 0 amide bonds. The number of rotatable bonds is 5. The Kier molecular flexibility index (Phi) is 5.69. The van der Waals surface area contributed by atoms with Crippen LogP contribution in [0, 0.1) is 0 Å². The third-order valence-electron chi connectivity index (χ3n) is 3.38. The predicted molar refractivity (Wildman–Crippen MR) is 86.7 cm³/mol. The zero-order chi connectivity index (χ0) is 18.6. The van der Waals surface area contributed by atoms with Crippen LogP contribution in [0.5, 0.6) is 11.5 Å². The lowest BCUT2D eigenvalue weighted by Crippen LogP contribution is -2.12. The lowest BCUT2D eigenvalue weighted by molar-refractivity contribution is -0.137. The topological polar surface area (TPSA) is 38.8 Å². The molecule has 2 aromatic carbocycles. The van der Waals surface area contributed by atoms with E-state index in [4.69, 9.17) is 9.47 Å². The summed E-state index contributed by atoms with van der Waals surface area (Å²) in [5.41, 5.74) is 0.348. The highest BCUT2D eigenvalue weighted by Crippen LogP contribution is 2.32. The van der Waals surface area contributed by atoms with Crippen molar-refractivity contribution in [1.82, 2.24) is 4.90 Å². The molecule has 134 valence electrons. The first-order valence-electron chi connectivity index (χ1n) is 7.42. The van der Waals surface area contributed by atoms with Crippen molar-refractivity contribution in [2.24, 2.45) is 0 Å². The molecule has 7 heteroatoms. The van der Waals surface area contributed by atoms with Crippen molar-refractivity contribution in [2.45, 2.75) is 12.7 Å². The number of esters is 1. The number of benzene rings is 2. The zero-order valence-electron chi connectivity index (χ0n) is 14.1. The number of carbonyl (C=O) groups excluding carboxylic acids is 1. The molecule has 0 aromatic heterocycles. The van der Waals surface area contributed by atoms with Gasteiger partial charge >= 0.3 is 12.1 Å². The lowest BCUT2D eigenvalue weighted by Gasteiger charge is -2.16. The highest BCUT2D eigenvalue weighted by molar-refractivity contribution is 5.89. The molecule has 0 aliphatic rings. The maximum Gasteiger partial charge on any atom is 0.416 e. The standard InChI is InChI=1S/C18H18F3NO3/c1-22(2)11-13-10-12(17(23)24-3)4-9-16(13)25-15-7-5-14(6-8-15)18(19,20)21/h4-10H,11H2,1-3H3. The Balaban J connectivity index is 2.29. The number of nitrogens with zero attached hydrogens (tertiary/aromatic N) is 1. The first-order chi connectivity index (χ1) is 11.7. The van der Waals surface area contributed by atoms with Gasteiger partial charge in [-0.05, 0) is 56.6 Å². The largest absolute Gasteiger partial charge is 0.465 e. The molecule has 0 unspecified atom stereocenters. The van der Waals surface area contributed by atoms with E-state index in [9.17, 15) is 18.0 Å². The molecule has 0 bridgehead atoms. The molecule has 4 nitrogen and oxygen atoms in total. The van der Waals surface area contributed by atoms with Gasteiger partial charge in [0.1, 0.15) is 11.5 Å². The van der Waals surface area contributed by atoms with E-state index < -0.39 is 17.7 Å². The molecule has 0 N–H and O–H groups in total. The fourth-order valence-corrected chi connectivity index (χ4v) is 2.23. The van der Waals surface area contributed by atoms with E-state index in [1.54, 1.807) is 18.2 Å². The fraction of sp³-hybridized carbons (Fsp3) is 0.278. The van der Waals surface area contributed by atoms with Crippen LogP contribution >= 0.6 is 0 Å². The Morgan fingerprint density at radius 3 is 2.24 bits per heavy atom. The van der Waals surface area contributed by atoms with Crippen molar-refractivity contribution >= 4 is 5.97 Å². The van der Waals surface area contributed by atoms with Gasteiger partial charge in [-0.3, -0.25) is 0 Å². The number of carbonyl (C=O) groups is 1. The lowest BCUT2D eigenvalue weighted by atomic mass is 10.1. The molecular formula is C18H18F3NO3. The Hall–Kier alpha value is -2.54. The quantitative estimate of drug-likeness (QED) is 0.750. The molecule has 0 fully saturated rings. The maximum absolute atomic E-state index is 12.6. The zero-order valence-corrected chi connectivity index (χ0v) is 14.1. The number of alkyl halides is 3. The summed E-state index contributed by atoms with van der Waals surface area (Å²) in [6, 6.07) is 9.24. The van der Waals surface area contributed by atoms with Gasteiger partial charge in [0.15, 0.2) is 0 Å². The Morgan fingerprint density at radius 1 is 1.08 bits per heavy atom. The minimum Gasteiger partial charge on any atom is -0.465 e. The summed E-state index contributed by atoms with van der Waals surface area (Å²) in [5, 5.41) is 0. The van der Waals surface area contributed by atoms with Crippen molar-refractivity contribution in [3.05, 3.63) is 59.2 Å². The summed E-state index contributed by atoms with van der Waals surface area (Å²) >= 11 is 0. The normalized spacial score (nSPS) is 11.5. The number of methoxy groups -OCH3 is 1. The highest BCUT2D eigenvalue weighted by atomic mass is 19.4. The highest BCUT2D eigenvalue weighted by Gasteiger charge is 2.30. The summed E-state index contributed by atoms with van der Waals surface area (Å²) < 4.78 is 48.3. The van der Waals surface area contributed by atoms with Crippen LogP contribution in [-0.2, 0) is 17.5 Å². The second kappa shape index (κ2) is 7.57. The van der Waals surface area contributed by atoms with Crippen LogP contribution in [0.15, 0.2) is 42.5 Å². The molecule has 0 aliphatic heterocycles. The van der Waals surface area contributed by atoms with Crippen LogP contribution in [-0.4, -0.2) is 32.1 Å². The minimum atomic E-state index is -4.39. The fourth-order valence-electron chi connectivity index (χ4n) is 2.23. The number of hydrogen-bond acceptors (Lipinski definition) is 4. The van der Waals surface area contributed by atoms with Crippen molar-refractivity contribution in [3.63, 3.8) is 0 Å². The number of halogens is 3. The van der Waals surface area contributed by atoms with Gasteiger partial charge in [0.05, 0.1) is 18.2 Å². The second-order valence-electron chi connectivity index (χ2n) is 5.68. The third-order valence-corrected chi connectivity index (χ3v) is 3.38. The Bertz CT molecular complexity index is 740. The minimum absolute atomic E-state index is 0.277. The van der Waals surface area contributed by atoms with Crippen LogP contribution < -0.4 is 4.74 Å². The summed E-state index contributed by atoms with van der Waals surface area (Å²) in [7, 11) is 5.00. The molecule has 0 atom stereocenters. The van der Waals surface area contributed by atoms with Crippen molar-refractivity contribution in [2.75, 3.05) is 21.2 Å². The molecule has 0 aliphatic carbocycles. The van der Waals surface area contributed by atoms with E-state index in [0.717, 1.165) is 12.1 Å². The van der Waals surface area contributed by atoms with Crippen LogP contribution in [0.1, 0.15) is 21.5 Å². The molecule has 25 heavy (non-hydrogen) atoms. The molecule has 2 rings (SSSR count). The van der Waals surface area contributed by atoms with Crippen molar-refractivity contribution < 1.29 is 27.4 Å². The smallest absolute Gasteiger partial charge is 0.416 e. The molecule has 0 radical (unpaired) electrons. The van der Waals surface area contributed by atoms with E-state index in [2.05, 4.69) is 0 Å². The van der Waals surface area contributed by atoms with E-state index in [1.165, 1.54) is 19.2 Å². The number of hydrogen-bond donors (Lipinski definition) is 0. The van der Waals surface area contributed by atoms with E-state index in [0.29, 0.717) is 23.4 Å². The molecule has 0 saturated carbocycles. The molecule has 0 saturated heterocycles. The maximum atomic E-state index is 12.6. The Morgan fingerprint density at radius 2 is 1.72 bits per heavy atom. The van der Waals surface area contributed by atoms with Crippen molar-refractivity contribution in [1.29, 1.82) is 0 Å². The summed E-state index contributed by atoms with van der Waals surface area (Å²) in [6.45, 7) is 0.487. The molecule has 0 heterocycles. The monoisotopic (exact) mass is 353 g/mol. The molecule has 2 aromatic rings. The van der Waals surface area contributed by atoms with Crippen LogP contribution in [0.3, 0.4) is 0 Å². The van der Waals surface area contributed by atoms with Gasteiger partial charge in [-0.25, -0.2) is 4.79 Å². The van der Waals surface area contributed by atoms with Gasteiger partial charge in [0, 0.05) is 12.1 Å². The van der Waals surface area contributed by atoms with Gasteiger partial charge in [-0.2, -0.15) is 13.2 Å². The average molecular weight is 353 g/mol. The van der Waals surface area contributed by atoms with Crippen LogP contribution in [0.4, 0.5) is 13.2 Å². The number of ether oxygens (including phenoxy) is 2. The first-order valence-corrected chi connectivity index (χ1v) is 7.42. The van der Waals surface area contributed by atoms with Crippen molar-refractivity contribution in [3.8, 4) is 11.5 Å². The molecular weight excluding hydrogens is 335 g/mol. The van der Waals surface area contributed by atoms with Gasteiger partial charge in [-0.15, -0.1) is 0 Å². The molecule has 0 spiro atoms. The van der Waals surface area contributed by atoms with Gasteiger partial charge in [-0.1, -0.05) is 0 Å². The third kappa shape index (κ3) is 4.96. The van der Waals surface area contributed by atoms with Gasteiger partial charge < -0.3 is 14.4 Å². The summed E-state index contributed by atoms with van der Waals surface area (Å²) in [6.07, 6.45) is -4.39.